The summed E-state index contributed by atoms with van der Waals surface area (Å²) in [5.74, 6) is 0.761. The Morgan fingerprint density at radius 3 is 2.47 bits per heavy atom. The van der Waals surface area contributed by atoms with E-state index in [1.807, 2.05) is 31.2 Å². The third-order valence-electron chi connectivity index (χ3n) is 4.27. The molecule has 1 amide bonds. The molecular formula is C23H19ClN2O3S. The number of hydrogen-bond donors (Lipinski definition) is 2. The lowest BCUT2D eigenvalue weighted by molar-refractivity contribution is -0.115. The highest BCUT2D eigenvalue weighted by Crippen LogP contribution is 2.27. The summed E-state index contributed by atoms with van der Waals surface area (Å²) in [5.41, 5.74) is 3.12. The van der Waals surface area contributed by atoms with Crippen molar-refractivity contribution in [3.05, 3.63) is 82.6 Å². The van der Waals surface area contributed by atoms with E-state index in [2.05, 4.69) is 10.6 Å². The molecule has 0 aliphatic heterocycles. The van der Waals surface area contributed by atoms with Gasteiger partial charge in [0.1, 0.15) is 11.5 Å². The quantitative estimate of drug-likeness (QED) is 0.306. The maximum Gasteiger partial charge on any atom is 0.250 e. The highest BCUT2D eigenvalue weighted by molar-refractivity contribution is 7.80. The topological polar surface area (TPSA) is 71.3 Å². The third kappa shape index (κ3) is 5.65. The number of nitrogens with one attached hydrogen (secondary N) is 2. The smallest absolute Gasteiger partial charge is 0.250 e. The Morgan fingerprint density at radius 2 is 1.80 bits per heavy atom. The molecule has 0 saturated heterocycles. The lowest BCUT2D eigenvalue weighted by Crippen LogP contribution is -2.32. The van der Waals surface area contributed by atoms with Crippen LogP contribution in [0.3, 0.4) is 0 Å². The molecule has 2 N–H and O–H groups in total. The van der Waals surface area contributed by atoms with Gasteiger partial charge in [-0.3, -0.25) is 14.9 Å². The fraction of sp³-hybridized carbons (Fsp3) is 0.0870. The zero-order chi connectivity index (χ0) is 21.7. The van der Waals surface area contributed by atoms with E-state index in [0.717, 1.165) is 11.1 Å². The SMILES string of the molecule is CC(=O)c1ccc(NC(=S)NC(=O)/C=C/c2ccc(-c3ccc(C)c(Cl)c3)o2)cc1. The summed E-state index contributed by atoms with van der Waals surface area (Å²) in [6.45, 7) is 3.43. The standard InChI is InChI=1S/C23H19ClN2O3S/c1-14-3-4-17(13-20(14)24)21-11-9-19(29-21)10-12-22(28)26-23(30)25-18-7-5-16(6-8-18)15(2)27/h3-13H,1-2H3,(H2,25,26,28,30)/b12-10+. The maximum atomic E-state index is 12.1. The van der Waals surface area contributed by atoms with Gasteiger partial charge in [0.2, 0.25) is 5.91 Å². The molecule has 30 heavy (non-hydrogen) atoms. The molecule has 1 aromatic heterocycles. The van der Waals surface area contributed by atoms with Crippen LogP contribution in [0.1, 0.15) is 28.6 Å². The number of amides is 1. The van der Waals surface area contributed by atoms with Crippen LogP contribution in [0.2, 0.25) is 5.02 Å². The van der Waals surface area contributed by atoms with Crippen LogP contribution in [0.4, 0.5) is 5.69 Å². The number of rotatable bonds is 5. The van der Waals surface area contributed by atoms with Gasteiger partial charge in [-0.15, -0.1) is 0 Å². The van der Waals surface area contributed by atoms with Crippen molar-refractivity contribution in [2.45, 2.75) is 13.8 Å². The zero-order valence-electron chi connectivity index (χ0n) is 16.4. The van der Waals surface area contributed by atoms with Gasteiger partial charge in [-0.2, -0.15) is 0 Å². The van der Waals surface area contributed by atoms with Gasteiger partial charge in [0.15, 0.2) is 10.9 Å². The second-order valence-electron chi connectivity index (χ2n) is 6.58. The first-order valence-corrected chi connectivity index (χ1v) is 9.88. The van der Waals surface area contributed by atoms with E-state index in [-0.39, 0.29) is 10.9 Å². The summed E-state index contributed by atoms with van der Waals surface area (Å²) in [7, 11) is 0. The first-order chi connectivity index (χ1) is 14.3. The molecule has 0 atom stereocenters. The van der Waals surface area contributed by atoms with Crippen LogP contribution in [0, 0.1) is 6.92 Å². The number of benzene rings is 2. The second-order valence-corrected chi connectivity index (χ2v) is 7.39. The van der Waals surface area contributed by atoms with Crippen LogP contribution in [0.15, 0.2) is 65.1 Å². The van der Waals surface area contributed by atoms with Crippen molar-refractivity contribution in [1.29, 1.82) is 0 Å². The molecule has 0 aliphatic carbocycles. The molecule has 0 saturated carbocycles. The molecule has 0 unspecified atom stereocenters. The predicted molar refractivity (Wildman–Crippen MR) is 124 cm³/mol. The van der Waals surface area contributed by atoms with Crippen LogP contribution in [-0.4, -0.2) is 16.8 Å². The molecular weight excluding hydrogens is 420 g/mol. The normalized spacial score (nSPS) is 10.8. The summed E-state index contributed by atoms with van der Waals surface area (Å²) < 4.78 is 5.74. The van der Waals surface area contributed by atoms with Gasteiger partial charge < -0.3 is 9.73 Å². The first kappa shape index (κ1) is 21.5. The van der Waals surface area contributed by atoms with E-state index in [4.69, 9.17) is 28.2 Å². The molecule has 2 aromatic carbocycles. The van der Waals surface area contributed by atoms with E-state index in [0.29, 0.717) is 27.8 Å². The minimum Gasteiger partial charge on any atom is -0.457 e. The minimum atomic E-state index is -0.399. The number of thiocarbonyl (C=S) groups is 1. The van der Waals surface area contributed by atoms with Crippen molar-refractivity contribution in [3.63, 3.8) is 0 Å². The summed E-state index contributed by atoms with van der Waals surface area (Å²) in [6.07, 6.45) is 2.89. The fourth-order valence-electron chi connectivity index (χ4n) is 2.61. The number of Topliss-reactive ketones (excluding diaryl/α,β-unsaturated/α-hetero) is 1. The Hall–Kier alpha value is -3.22. The minimum absolute atomic E-state index is 0.0193. The van der Waals surface area contributed by atoms with Gasteiger partial charge in [-0.05, 0) is 80.2 Å². The van der Waals surface area contributed by atoms with Crippen molar-refractivity contribution in [3.8, 4) is 11.3 Å². The summed E-state index contributed by atoms with van der Waals surface area (Å²) in [5, 5.41) is 6.26. The molecule has 0 bridgehead atoms. The van der Waals surface area contributed by atoms with E-state index in [1.54, 1.807) is 36.4 Å². The monoisotopic (exact) mass is 438 g/mol. The van der Waals surface area contributed by atoms with Crippen LogP contribution in [-0.2, 0) is 4.79 Å². The fourth-order valence-corrected chi connectivity index (χ4v) is 3.00. The molecule has 0 radical (unpaired) electrons. The van der Waals surface area contributed by atoms with Gasteiger partial charge in [-0.1, -0.05) is 23.7 Å². The van der Waals surface area contributed by atoms with E-state index >= 15 is 0 Å². The lowest BCUT2D eigenvalue weighted by atomic mass is 10.1. The number of furan rings is 1. The zero-order valence-corrected chi connectivity index (χ0v) is 17.9. The number of carbonyl (C=O) groups excluding carboxylic acids is 2. The average molecular weight is 439 g/mol. The van der Waals surface area contributed by atoms with Crippen molar-refractivity contribution in [2.24, 2.45) is 0 Å². The molecule has 3 rings (SSSR count). The molecule has 5 nitrogen and oxygen atoms in total. The molecule has 152 valence electrons. The van der Waals surface area contributed by atoms with Crippen molar-refractivity contribution >= 4 is 52.4 Å². The lowest BCUT2D eigenvalue weighted by Gasteiger charge is -2.08. The van der Waals surface area contributed by atoms with Crippen molar-refractivity contribution < 1.29 is 14.0 Å². The number of aryl methyl sites for hydroxylation is 1. The van der Waals surface area contributed by atoms with Crippen LogP contribution in [0.25, 0.3) is 17.4 Å². The Morgan fingerprint density at radius 1 is 1.07 bits per heavy atom. The summed E-state index contributed by atoms with van der Waals surface area (Å²) >= 11 is 11.3. The highest BCUT2D eigenvalue weighted by atomic mass is 35.5. The highest BCUT2D eigenvalue weighted by Gasteiger charge is 2.07. The van der Waals surface area contributed by atoms with Gasteiger partial charge in [-0.25, -0.2) is 0 Å². The van der Waals surface area contributed by atoms with Crippen LogP contribution >= 0.6 is 23.8 Å². The van der Waals surface area contributed by atoms with Crippen LogP contribution < -0.4 is 10.6 Å². The second kappa shape index (κ2) is 9.52. The maximum absolute atomic E-state index is 12.1. The summed E-state index contributed by atoms with van der Waals surface area (Å²) in [6, 6.07) is 16.1. The number of hydrogen-bond acceptors (Lipinski definition) is 4. The number of anilines is 1. The van der Waals surface area contributed by atoms with E-state index in [1.165, 1.54) is 13.0 Å². The molecule has 0 fully saturated rings. The van der Waals surface area contributed by atoms with Crippen molar-refractivity contribution in [2.75, 3.05) is 5.32 Å². The predicted octanol–water partition coefficient (Wildman–Crippen LogP) is 5.64. The van der Waals surface area contributed by atoms with E-state index < -0.39 is 5.91 Å². The van der Waals surface area contributed by atoms with Gasteiger partial charge in [0, 0.05) is 27.9 Å². The average Bonchev–Trinajstić information content (AvgIpc) is 3.18. The molecule has 7 heteroatoms. The van der Waals surface area contributed by atoms with Crippen LogP contribution in [0.5, 0.6) is 0 Å². The molecule has 3 aromatic rings. The summed E-state index contributed by atoms with van der Waals surface area (Å²) in [4.78, 5) is 23.4. The third-order valence-corrected chi connectivity index (χ3v) is 4.88. The number of carbonyl (C=O) groups is 2. The molecule has 0 spiro atoms. The molecule has 0 aliphatic rings. The Balaban J connectivity index is 1.56. The van der Waals surface area contributed by atoms with E-state index in [9.17, 15) is 9.59 Å². The Kier molecular flexibility index (Phi) is 6.82. The van der Waals surface area contributed by atoms with Gasteiger partial charge in [0.05, 0.1) is 0 Å². The molecule has 1 heterocycles. The number of ketones is 1. The Labute approximate surface area is 184 Å². The Bertz CT molecular complexity index is 1130. The van der Waals surface area contributed by atoms with Crippen molar-refractivity contribution in [1.82, 2.24) is 5.32 Å². The van der Waals surface area contributed by atoms with Gasteiger partial charge in [0.25, 0.3) is 0 Å². The van der Waals surface area contributed by atoms with Gasteiger partial charge >= 0.3 is 0 Å². The number of halogens is 1. The largest absolute Gasteiger partial charge is 0.457 e. The first-order valence-electron chi connectivity index (χ1n) is 9.09.